The van der Waals surface area contributed by atoms with E-state index < -0.39 is 0 Å². The molecule has 0 aromatic carbocycles. The first-order valence-corrected chi connectivity index (χ1v) is 9.39. The van der Waals surface area contributed by atoms with Gasteiger partial charge in [0.05, 0.1) is 11.4 Å². The topological polar surface area (TPSA) is 95.8 Å². The van der Waals surface area contributed by atoms with Gasteiger partial charge in [0, 0.05) is 48.4 Å². The summed E-state index contributed by atoms with van der Waals surface area (Å²) < 4.78 is 2.07. The summed E-state index contributed by atoms with van der Waals surface area (Å²) in [5, 5.41) is 18.1. The van der Waals surface area contributed by atoms with Gasteiger partial charge in [0.25, 0.3) is 0 Å². The highest BCUT2D eigenvalue weighted by atomic mass is 15.3. The van der Waals surface area contributed by atoms with Gasteiger partial charge in [0.2, 0.25) is 0 Å². The fraction of sp³-hybridized carbons (Fsp3) is 0.526. The van der Waals surface area contributed by atoms with Gasteiger partial charge < -0.3 is 11.1 Å². The zero-order valence-corrected chi connectivity index (χ0v) is 15.0. The van der Waals surface area contributed by atoms with Crippen molar-refractivity contribution in [3.05, 3.63) is 28.6 Å². The Morgan fingerprint density at radius 3 is 3.12 bits per heavy atom. The summed E-state index contributed by atoms with van der Waals surface area (Å²) in [5.41, 5.74) is 11.8. The summed E-state index contributed by atoms with van der Waals surface area (Å²) in [6.45, 7) is 2.72. The van der Waals surface area contributed by atoms with Gasteiger partial charge in [0.1, 0.15) is 17.5 Å². The Balaban J connectivity index is 1.74. The van der Waals surface area contributed by atoms with Crippen molar-refractivity contribution in [3.63, 3.8) is 0 Å². The summed E-state index contributed by atoms with van der Waals surface area (Å²) in [6, 6.07) is 5.26. The molecule has 1 fully saturated rings. The molecule has 2 aromatic heterocycles. The van der Waals surface area contributed by atoms with E-state index in [-0.39, 0.29) is 0 Å². The van der Waals surface area contributed by atoms with Crippen LogP contribution in [0.4, 0.5) is 5.82 Å². The monoisotopic (exact) mass is 349 g/mol. The van der Waals surface area contributed by atoms with E-state index in [0.717, 1.165) is 55.8 Å². The van der Waals surface area contributed by atoms with E-state index in [4.69, 9.17) is 10.8 Å². The lowest BCUT2D eigenvalue weighted by Crippen LogP contribution is -2.35. The van der Waals surface area contributed by atoms with Gasteiger partial charge in [-0.15, -0.1) is 0 Å². The van der Waals surface area contributed by atoms with Gasteiger partial charge in [-0.05, 0) is 38.9 Å². The molecule has 5 heterocycles. The molecular formula is C19H23N7. The molecule has 2 atom stereocenters. The lowest BCUT2D eigenvalue weighted by molar-refractivity contribution is 0.222. The fourth-order valence-corrected chi connectivity index (χ4v) is 4.88. The molecular weight excluding hydrogens is 326 g/mol. The highest BCUT2D eigenvalue weighted by Crippen LogP contribution is 2.47. The van der Waals surface area contributed by atoms with Crippen LogP contribution in [0.15, 0.2) is 6.07 Å². The van der Waals surface area contributed by atoms with Crippen molar-refractivity contribution >= 4 is 5.82 Å². The molecule has 2 aromatic rings. The molecule has 26 heavy (non-hydrogen) atoms. The van der Waals surface area contributed by atoms with E-state index in [2.05, 4.69) is 39.1 Å². The molecule has 0 radical (unpaired) electrons. The normalized spacial score (nSPS) is 24.6. The van der Waals surface area contributed by atoms with E-state index in [1.54, 1.807) is 0 Å². The first-order valence-electron chi connectivity index (χ1n) is 9.39. The van der Waals surface area contributed by atoms with Crippen LogP contribution in [0.1, 0.15) is 47.8 Å². The number of anilines is 1. The number of hydrogen-bond acceptors (Lipinski definition) is 6. The number of rotatable bonds is 1. The number of nitrogens with one attached hydrogen (secondary N) is 1. The van der Waals surface area contributed by atoms with E-state index in [1.807, 2.05) is 0 Å². The van der Waals surface area contributed by atoms with E-state index in [1.165, 1.54) is 17.7 Å². The third-order valence-electron chi connectivity index (χ3n) is 6.21. The van der Waals surface area contributed by atoms with Gasteiger partial charge in [-0.25, -0.2) is 4.98 Å². The van der Waals surface area contributed by atoms with E-state index in [0.29, 0.717) is 23.5 Å². The fourth-order valence-electron chi connectivity index (χ4n) is 4.88. The Morgan fingerprint density at radius 2 is 2.27 bits per heavy atom. The first-order chi connectivity index (χ1) is 12.7. The van der Waals surface area contributed by atoms with Crippen molar-refractivity contribution in [1.82, 2.24) is 25.0 Å². The smallest absolute Gasteiger partial charge is 0.142 e. The number of nitrogen functional groups attached to an aromatic ring is 1. The number of nitrogens with zero attached hydrogens (tertiary/aromatic N) is 5. The predicted molar refractivity (Wildman–Crippen MR) is 98.1 cm³/mol. The standard InChI is InChI=1S/C19H23N7/c1-25-11-3-4-16(25)18-14(7-11)23-19(21)13(9-20)17(18)15-8-12-10-22-5-2-6-26(12)24-15/h8,11,16,22H,2-7,10H2,1H3,(H2,21,23)/t11-,16+/m0/s1. The summed E-state index contributed by atoms with van der Waals surface area (Å²) in [6.07, 6.45) is 4.23. The van der Waals surface area contributed by atoms with Crippen molar-refractivity contribution in [2.24, 2.45) is 0 Å². The zero-order valence-electron chi connectivity index (χ0n) is 15.0. The molecule has 0 spiro atoms. The molecule has 7 heteroatoms. The Morgan fingerprint density at radius 1 is 1.38 bits per heavy atom. The summed E-state index contributed by atoms with van der Waals surface area (Å²) in [5.74, 6) is 0.339. The number of pyridine rings is 1. The van der Waals surface area contributed by atoms with Gasteiger partial charge in [-0.2, -0.15) is 10.4 Å². The Bertz CT molecular complexity index is 899. The van der Waals surface area contributed by atoms with Crippen molar-refractivity contribution in [2.75, 3.05) is 19.3 Å². The highest BCUT2D eigenvalue weighted by molar-refractivity contribution is 5.78. The largest absolute Gasteiger partial charge is 0.383 e. The van der Waals surface area contributed by atoms with Crippen LogP contribution in [-0.4, -0.2) is 39.3 Å². The predicted octanol–water partition coefficient (Wildman–Crippen LogP) is 1.58. The number of nitriles is 1. The second-order valence-corrected chi connectivity index (χ2v) is 7.61. The maximum Gasteiger partial charge on any atom is 0.142 e. The minimum absolute atomic E-state index is 0.304. The van der Waals surface area contributed by atoms with Crippen LogP contribution >= 0.6 is 0 Å². The van der Waals surface area contributed by atoms with Gasteiger partial charge >= 0.3 is 0 Å². The average Bonchev–Trinajstić information content (AvgIpc) is 3.03. The highest BCUT2D eigenvalue weighted by Gasteiger charge is 2.41. The molecule has 3 N–H and O–H groups in total. The molecule has 0 unspecified atom stereocenters. The van der Waals surface area contributed by atoms with Gasteiger partial charge in [-0.3, -0.25) is 9.58 Å². The minimum atomic E-state index is 0.304. The molecule has 2 bridgehead atoms. The molecule has 3 aliphatic heterocycles. The molecule has 0 saturated carbocycles. The quantitative estimate of drug-likeness (QED) is 0.812. The van der Waals surface area contributed by atoms with Crippen LogP contribution in [-0.2, 0) is 19.5 Å². The lowest BCUT2D eigenvalue weighted by atomic mass is 9.89. The molecule has 7 nitrogen and oxygen atoms in total. The lowest BCUT2D eigenvalue weighted by Gasteiger charge is -2.34. The van der Waals surface area contributed by atoms with Crippen molar-refractivity contribution < 1.29 is 0 Å². The van der Waals surface area contributed by atoms with Crippen LogP contribution in [0.25, 0.3) is 11.3 Å². The van der Waals surface area contributed by atoms with E-state index in [9.17, 15) is 5.26 Å². The Labute approximate surface area is 152 Å². The molecule has 0 aliphatic carbocycles. The Hall–Kier alpha value is -2.43. The number of aryl methyl sites for hydroxylation is 1. The van der Waals surface area contributed by atoms with Crippen LogP contribution in [0.5, 0.6) is 0 Å². The third-order valence-corrected chi connectivity index (χ3v) is 6.21. The van der Waals surface area contributed by atoms with Crippen LogP contribution in [0.3, 0.4) is 0 Å². The summed E-state index contributed by atoms with van der Waals surface area (Å²) in [4.78, 5) is 7.06. The SMILES string of the molecule is CN1[C@H]2CC[C@@H]1c1c(nc(N)c(C#N)c1-c1cc3n(n1)CCCNC3)C2. The van der Waals surface area contributed by atoms with Crippen LogP contribution in [0.2, 0.25) is 0 Å². The Kier molecular flexibility index (Phi) is 3.52. The van der Waals surface area contributed by atoms with Crippen molar-refractivity contribution in [3.8, 4) is 17.3 Å². The number of aromatic nitrogens is 3. The van der Waals surface area contributed by atoms with Crippen LogP contribution in [0, 0.1) is 11.3 Å². The summed E-state index contributed by atoms with van der Waals surface area (Å²) >= 11 is 0. The second-order valence-electron chi connectivity index (χ2n) is 7.61. The number of fused-ring (bicyclic) bond motifs is 5. The van der Waals surface area contributed by atoms with Crippen molar-refractivity contribution in [2.45, 2.75) is 50.9 Å². The third kappa shape index (κ3) is 2.19. The molecule has 3 aliphatic rings. The second kappa shape index (κ2) is 5.79. The van der Waals surface area contributed by atoms with Crippen LogP contribution < -0.4 is 11.1 Å². The van der Waals surface area contributed by atoms with Gasteiger partial charge in [-0.1, -0.05) is 0 Å². The number of likely N-dealkylation sites (N-methyl/N-ethyl adjacent to an activating group) is 1. The molecule has 1 saturated heterocycles. The van der Waals surface area contributed by atoms with Crippen molar-refractivity contribution in [1.29, 1.82) is 5.26 Å². The minimum Gasteiger partial charge on any atom is -0.383 e. The molecule has 5 rings (SSSR count). The zero-order chi connectivity index (χ0) is 17.8. The molecule has 0 amide bonds. The average molecular weight is 349 g/mol. The number of hydrogen-bond donors (Lipinski definition) is 2. The number of nitrogens with two attached hydrogens (primary N) is 1. The maximum atomic E-state index is 9.81. The van der Waals surface area contributed by atoms with Gasteiger partial charge in [0.15, 0.2) is 0 Å². The van der Waals surface area contributed by atoms with E-state index >= 15 is 0 Å². The molecule has 134 valence electrons. The maximum absolute atomic E-state index is 9.81. The first kappa shape index (κ1) is 15.8. The summed E-state index contributed by atoms with van der Waals surface area (Å²) in [7, 11) is 2.18.